The van der Waals surface area contributed by atoms with Crippen molar-refractivity contribution >= 4 is 23.5 Å². The molecule has 1 aliphatic rings. The van der Waals surface area contributed by atoms with Gasteiger partial charge in [-0.25, -0.2) is 4.98 Å². The van der Waals surface area contributed by atoms with E-state index in [0.29, 0.717) is 25.3 Å². The Morgan fingerprint density at radius 2 is 2.11 bits per heavy atom. The monoisotopic (exact) mass is 368 g/mol. The minimum absolute atomic E-state index is 0.00927. The Labute approximate surface area is 156 Å². The van der Waals surface area contributed by atoms with Crippen LogP contribution in [0.25, 0.3) is 6.08 Å². The van der Waals surface area contributed by atoms with Gasteiger partial charge in [0.15, 0.2) is 0 Å². The highest BCUT2D eigenvalue weighted by atomic mass is 16.6. The number of hydrogen-bond donors (Lipinski definition) is 1. The first-order valence-corrected chi connectivity index (χ1v) is 8.60. The molecule has 27 heavy (non-hydrogen) atoms. The molecule has 8 heteroatoms. The van der Waals surface area contributed by atoms with Crippen molar-refractivity contribution in [3.05, 3.63) is 69.9 Å². The summed E-state index contributed by atoms with van der Waals surface area (Å²) in [4.78, 5) is 28.9. The first-order chi connectivity index (χ1) is 13.1. The number of carbonyl (C=O) groups is 1. The number of amides is 1. The molecule has 1 aromatic carbocycles. The highest BCUT2D eigenvalue weighted by Crippen LogP contribution is 2.15. The quantitative estimate of drug-likeness (QED) is 0.477. The number of carbonyl (C=O) groups excluding carboxylic acids is 1. The van der Waals surface area contributed by atoms with Gasteiger partial charge in [0.05, 0.1) is 18.1 Å². The number of nitrogens with zero attached hydrogens (tertiary/aromatic N) is 3. The molecule has 2 heterocycles. The van der Waals surface area contributed by atoms with Crippen molar-refractivity contribution in [2.45, 2.75) is 6.54 Å². The highest BCUT2D eigenvalue weighted by Gasteiger charge is 2.12. The third kappa shape index (κ3) is 5.35. The Bertz CT molecular complexity index is 847. The fraction of sp³-hybridized carbons (Fsp3) is 0.263. The molecule has 0 atom stereocenters. The number of pyridine rings is 1. The van der Waals surface area contributed by atoms with E-state index in [9.17, 15) is 14.9 Å². The summed E-state index contributed by atoms with van der Waals surface area (Å²) in [6.07, 6.45) is 4.64. The molecule has 8 nitrogen and oxygen atoms in total. The summed E-state index contributed by atoms with van der Waals surface area (Å²) >= 11 is 0. The summed E-state index contributed by atoms with van der Waals surface area (Å²) in [5.41, 5.74) is 1.53. The van der Waals surface area contributed by atoms with Gasteiger partial charge in [0.1, 0.15) is 5.82 Å². The van der Waals surface area contributed by atoms with Gasteiger partial charge in [0.25, 0.3) is 5.69 Å². The molecular weight excluding hydrogens is 348 g/mol. The van der Waals surface area contributed by atoms with E-state index in [4.69, 9.17) is 4.74 Å². The molecular formula is C19H20N4O4. The second-order valence-corrected chi connectivity index (χ2v) is 6.02. The Morgan fingerprint density at radius 3 is 2.89 bits per heavy atom. The van der Waals surface area contributed by atoms with Crippen molar-refractivity contribution < 1.29 is 14.5 Å². The molecule has 140 valence electrons. The Balaban J connectivity index is 1.56. The van der Waals surface area contributed by atoms with Crippen LogP contribution in [0.3, 0.4) is 0 Å². The summed E-state index contributed by atoms with van der Waals surface area (Å²) in [5.74, 6) is 0.600. The number of anilines is 1. The van der Waals surface area contributed by atoms with Gasteiger partial charge in [-0.15, -0.1) is 0 Å². The predicted molar refractivity (Wildman–Crippen MR) is 101 cm³/mol. The molecule has 1 amide bonds. The van der Waals surface area contributed by atoms with Crippen LogP contribution in [0.5, 0.6) is 0 Å². The Kier molecular flexibility index (Phi) is 6.11. The third-order valence-corrected chi connectivity index (χ3v) is 4.12. The van der Waals surface area contributed by atoms with Crippen molar-refractivity contribution in [1.29, 1.82) is 0 Å². The number of nitro groups is 1. The van der Waals surface area contributed by atoms with Gasteiger partial charge in [-0.1, -0.05) is 12.1 Å². The van der Waals surface area contributed by atoms with Crippen LogP contribution in [-0.4, -0.2) is 42.1 Å². The summed E-state index contributed by atoms with van der Waals surface area (Å²) in [5, 5.41) is 13.6. The van der Waals surface area contributed by atoms with Gasteiger partial charge >= 0.3 is 0 Å². The molecule has 0 unspecified atom stereocenters. The molecule has 0 spiro atoms. The summed E-state index contributed by atoms with van der Waals surface area (Å²) in [7, 11) is 0. The zero-order valence-corrected chi connectivity index (χ0v) is 14.7. The van der Waals surface area contributed by atoms with Crippen molar-refractivity contribution in [2.75, 3.05) is 31.2 Å². The molecule has 0 saturated carbocycles. The van der Waals surface area contributed by atoms with Crippen LogP contribution in [0.15, 0.2) is 48.7 Å². The fourth-order valence-electron chi connectivity index (χ4n) is 2.70. The lowest BCUT2D eigenvalue weighted by atomic mass is 10.2. The number of nitro benzene ring substituents is 1. The van der Waals surface area contributed by atoms with Gasteiger partial charge < -0.3 is 15.0 Å². The van der Waals surface area contributed by atoms with Crippen LogP contribution in [0.2, 0.25) is 0 Å². The molecule has 0 radical (unpaired) electrons. The number of non-ortho nitro benzene ring substituents is 1. The number of benzene rings is 1. The van der Waals surface area contributed by atoms with Crippen molar-refractivity contribution in [3.8, 4) is 0 Å². The lowest BCUT2D eigenvalue weighted by molar-refractivity contribution is -0.384. The van der Waals surface area contributed by atoms with Gasteiger partial charge in [-0.2, -0.15) is 0 Å². The van der Waals surface area contributed by atoms with E-state index < -0.39 is 4.92 Å². The lowest BCUT2D eigenvalue weighted by Crippen LogP contribution is -2.36. The van der Waals surface area contributed by atoms with Crippen molar-refractivity contribution in [1.82, 2.24) is 10.3 Å². The Morgan fingerprint density at radius 1 is 1.30 bits per heavy atom. The highest BCUT2D eigenvalue weighted by molar-refractivity contribution is 5.91. The predicted octanol–water partition coefficient (Wildman–Crippen LogP) is 2.16. The van der Waals surface area contributed by atoms with E-state index in [-0.39, 0.29) is 11.6 Å². The minimum atomic E-state index is -0.465. The van der Waals surface area contributed by atoms with E-state index in [0.717, 1.165) is 24.5 Å². The molecule has 2 aromatic rings. The van der Waals surface area contributed by atoms with Gasteiger partial charge in [-0.3, -0.25) is 14.9 Å². The SMILES string of the molecule is O=C(/C=C/c1cccc([N+](=O)[O-])c1)NCc1ccnc(N2CCOCC2)c1. The summed E-state index contributed by atoms with van der Waals surface area (Å²) in [6.45, 7) is 3.34. The van der Waals surface area contributed by atoms with Crippen LogP contribution < -0.4 is 10.2 Å². The first-order valence-electron chi connectivity index (χ1n) is 8.60. The molecule has 1 fully saturated rings. The molecule has 0 bridgehead atoms. The Hall–Kier alpha value is -3.26. The maximum atomic E-state index is 12.0. The van der Waals surface area contributed by atoms with Crippen LogP contribution in [0.1, 0.15) is 11.1 Å². The number of hydrogen-bond acceptors (Lipinski definition) is 6. The van der Waals surface area contributed by atoms with E-state index in [1.807, 2.05) is 12.1 Å². The van der Waals surface area contributed by atoms with Crippen LogP contribution in [0.4, 0.5) is 11.5 Å². The van der Waals surface area contributed by atoms with Crippen LogP contribution >= 0.6 is 0 Å². The summed E-state index contributed by atoms with van der Waals surface area (Å²) < 4.78 is 5.34. The lowest BCUT2D eigenvalue weighted by Gasteiger charge is -2.28. The number of morpholine rings is 1. The van der Waals surface area contributed by atoms with E-state index in [2.05, 4.69) is 15.2 Å². The van der Waals surface area contributed by atoms with Gasteiger partial charge in [0, 0.05) is 44.0 Å². The average Bonchev–Trinajstić information content (AvgIpc) is 2.72. The zero-order valence-electron chi connectivity index (χ0n) is 14.7. The van der Waals surface area contributed by atoms with E-state index >= 15 is 0 Å². The largest absolute Gasteiger partial charge is 0.378 e. The molecule has 1 aliphatic heterocycles. The zero-order chi connectivity index (χ0) is 19.1. The maximum absolute atomic E-state index is 12.0. The fourth-order valence-corrected chi connectivity index (χ4v) is 2.70. The van der Waals surface area contributed by atoms with Gasteiger partial charge in [-0.05, 0) is 29.3 Å². The topological polar surface area (TPSA) is 97.6 Å². The molecule has 3 rings (SSSR count). The molecule has 1 saturated heterocycles. The van der Waals surface area contributed by atoms with E-state index in [1.165, 1.54) is 18.2 Å². The maximum Gasteiger partial charge on any atom is 0.270 e. The van der Waals surface area contributed by atoms with Crippen molar-refractivity contribution in [2.24, 2.45) is 0 Å². The number of nitrogens with one attached hydrogen (secondary N) is 1. The van der Waals surface area contributed by atoms with Crippen LogP contribution in [-0.2, 0) is 16.1 Å². The third-order valence-electron chi connectivity index (χ3n) is 4.12. The minimum Gasteiger partial charge on any atom is -0.378 e. The van der Waals surface area contributed by atoms with Crippen molar-refractivity contribution in [3.63, 3.8) is 0 Å². The molecule has 0 aliphatic carbocycles. The second kappa shape index (κ2) is 8.91. The number of aromatic nitrogens is 1. The van der Waals surface area contributed by atoms with E-state index in [1.54, 1.807) is 24.4 Å². The summed E-state index contributed by atoms with van der Waals surface area (Å²) in [6, 6.07) is 9.92. The molecule has 1 aromatic heterocycles. The average molecular weight is 368 g/mol. The van der Waals surface area contributed by atoms with Gasteiger partial charge in [0.2, 0.25) is 5.91 Å². The standard InChI is InChI=1S/C19H20N4O4/c24-19(5-4-15-2-1-3-17(12-15)23(25)26)21-14-16-6-7-20-18(13-16)22-8-10-27-11-9-22/h1-7,12-13H,8-11,14H2,(H,21,24)/b5-4+. The smallest absolute Gasteiger partial charge is 0.270 e. The number of rotatable bonds is 6. The van der Waals surface area contributed by atoms with Crippen LogP contribution in [0, 0.1) is 10.1 Å². The molecule has 1 N–H and O–H groups in total. The second-order valence-electron chi connectivity index (χ2n) is 6.02. The normalized spacial score (nSPS) is 14.3. The number of ether oxygens (including phenoxy) is 1. The first kappa shape index (κ1) is 18.5.